The molecule has 1 heterocycles. The van der Waals surface area contributed by atoms with E-state index in [2.05, 4.69) is 5.32 Å². The van der Waals surface area contributed by atoms with Gasteiger partial charge in [-0.25, -0.2) is 0 Å². The summed E-state index contributed by atoms with van der Waals surface area (Å²) < 4.78 is 5.94. The van der Waals surface area contributed by atoms with E-state index in [1.165, 1.54) is 0 Å². The number of hydrogen-bond donors (Lipinski definition) is 1. The zero-order valence-electron chi connectivity index (χ0n) is 19.2. The van der Waals surface area contributed by atoms with Gasteiger partial charge < -0.3 is 10.1 Å². The topological polar surface area (TPSA) is 75.7 Å². The third-order valence-electron chi connectivity index (χ3n) is 5.36. The molecule has 0 aromatic heterocycles. The molecule has 8 heteroatoms. The van der Waals surface area contributed by atoms with E-state index in [1.54, 1.807) is 30.3 Å². The second kappa shape index (κ2) is 10.8. The van der Waals surface area contributed by atoms with Crippen molar-refractivity contribution in [2.24, 2.45) is 0 Å². The highest BCUT2D eigenvalue weighted by molar-refractivity contribution is 8.18. The van der Waals surface area contributed by atoms with Gasteiger partial charge in [0, 0.05) is 16.3 Å². The molecule has 178 valence electrons. The summed E-state index contributed by atoms with van der Waals surface area (Å²) in [4.78, 5) is 39.2. The van der Waals surface area contributed by atoms with Crippen molar-refractivity contribution in [2.45, 2.75) is 20.5 Å². The molecule has 0 spiro atoms. The molecule has 1 aliphatic rings. The highest BCUT2D eigenvalue weighted by atomic mass is 35.5. The predicted octanol–water partition coefficient (Wildman–Crippen LogP) is 6.21. The average Bonchev–Trinajstić information content (AvgIpc) is 3.09. The van der Waals surface area contributed by atoms with Gasteiger partial charge in [0.05, 0.1) is 4.91 Å². The van der Waals surface area contributed by atoms with Crippen molar-refractivity contribution >= 4 is 52.2 Å². The Morgan fingerprint density at radius 3 is 2.57 bits per heavy atom. The zero-order valence-corrected chi connectivity index (χ0v) is 20.8. The molecule has 0 unspecified atom stereocenters. The van der Waals surface area contributed by atoms with E-state index in [0.29, 0.717) is 28.6 Å². The molecule has 0 bridgehead atoms. The smallest absolute Gasteiger partial charge is 0.294 e. The monoisotopic (exact) mass is 506 g/mol. The number of amides is 3. The fourth-order valence-corrected chi connectivity index (χ4v) is 4.41. The van der Waals surface area contributed by atoms with Gasteiger partial charge in [0.15, 0.2) is 0 Å². The van der Waals surface area contributed by atoms with Crippen molar-refractivity contribution in [2.75, 3.05) is 11.9 Å². The maximum Gasteiger partial charge on any atom is 0.294 e. The maximum atomic E-state index is 12.9. The summed E-state index contributed by atoms with van der Waals surface area (Å²) in [6.45, 7) is 3.77. The maximum absolute atomic E-state index is 12.9. The van der Waals surface area contributed by atoms with Crippen LogP contribution in [0.25, 0.3) is 6.08 Å². The molecule has 3 amide bonds. The first-order chi connectivity index (χ1) is 16.8. The number of anilines is 1. The Labute approximate surface area is 212 Å². The van der Waals surface area contributed by atoms with Gasteiger partial charge in [0.1, 0.15) is 18.9 Å². The van der Waals surface area contributed by atoms with Crippen molar-refractivity contribution in [1.29, 1.82) is 0 Å². The van der Waals surface area contributed by atoms with Gasteiger partial charge in [-0.05, 0) is 72.6 Å². The average molecular weight is 507 g/mol. The lowest BCUT2D eigenvalue weighted by molar-refractivity contribution is -0.127. The zero-order chi connectivity index (χ0) is 24.9. The third-order valence-corrected chi connectivity index (χ3v) is 6.52. The van der Waals surface area contributed by atoms with Crippen LogP contribution in [-0.4, -0.2) is 28.5 Å². The van der Waals surface area contributed by atoms with Crippen molar-refractivity contribution in [3.05, 3.63) is 98.9 Å². The van der Waals surface area contributed by atoms with Crippen LogP contribution in [0.15, 0.2) is 71.6 Å². The lowest BCUT2D eigenvalue weighted by atomic mass is 10.1. The minimum atomic E-state index is -0.511. The number of rotatable bonds is 7. The minimum absolute atomic E-state index is 0.233. The van der Waals surface area contributed by atoms with E-state index in [1.807, 2.05) is 56.3 Å². The number of carbonyl (C=O) groups excluding carboxylic acids is 3. The molecule has 35 heavy (non-hydrogen) atoms. The Morgan fingerprint density at radius 1 is 1.06 bits per heavy atom. The highest BCUT2D eigenvalue weighted by Crippen LogP contribution is 2.34. The van der Waals surface area contributed by atoms with Crippen molar-refractivity contribution < 1.29 is 19.1 Å². The SMILES string of the molecule is Cc1ccc(C)c(NC(=O)CN2C(=O)S/C(=C/c3ccccc3OCc3ccc(Cl)cc3)C2=O)c1. The van der Waals surface area contributed by atoms with Gasteiger partial charge in [-0.2, -0.15) is 0 Å². The molecular formula is C27H23ClN2O4S. The molecule has 0 atom stereocenters. The molecule has 1 saturated heterocycles. The van der Waals surface area contributed by atoms with Gasteiger partial charge in [-0.3, -0.25) is 19.3 Å². The van der Waals surface area contributed by atoms with Gasteiger partial charge in [-0.15, -0.1) is 0 Å². The summed E-state index contributed by atoms with van der Waals surface area (Å²) in [7, 11) is 0. The van der Waals surface area contributed by atoms with Crippen LogP contribution in [0.2, 0.25) is 5.02 Å². The van der Waals surface area contributed by atoms with Crippen LogP contribution in [0.4, 0.5) is 10.5 Å². The van der Waals surface area contributed by atoms with Gasteiger partial charge in [0.25, 0.3) is 11.1 Å². The van der Waals surface area contributed by atoms with Crippen LogP contribution in [0.5, 0.6) is 5.75 Å². The quantitative estimate of drug-likeness (QED) is 0.385. The number of para-hydroxylation sites is 1. The Bertz CT molecular complexity index is 1320. The second-order valence-electron chi connectivity index (χ2n) is 8.09. The third kappa shape index (κ3) is 6.12. The number of imide groups is 1. The minimum Gasteiger partial charge on any atom is -0.488 e. The van der Waals surface area contributed by atoms with Crippen molar-refractivity contribution in [3.8, 4) is 5.75 Å². The first-order valence-corrected chi connectivity index (χ1v) is 12.1. The van der Waals surface area contributed by atoms with Crippen LogP contribution in [0.3, 0.4) is 0 Å². The van der Waals surface area contributed by atoms with E-state index >= 15 is 0 Å². The number of nitrogens with zero attached hydrogens (tertiary/aromatic N) is 1. The molecule has 1 fully saturated rings. The van der Waals surface area contributed by atoms with Crippen molar-refractivity contribution in [1.82, 2.24) is 4.90 Å². The number of carbonyl (C=O) groups is 3. The Kier molecular flexibility index (Phi) is 7.58. The number of hydrogen-bond acceptors (Lipinski definition) is 5. The lowest BCUT2D eigenvalue weighted by Crippen LogP contribution is -2.36. The standard InChI is InChI=1S/C27H23ClN2O4S/c1-17-7-8-18(2)22(13-17)29-25(31)15-30-26(32)24(35-27(30)33)14-20-5-3-4-6-23(20)34-16-19-9-11-21(28)12-10-19/h3-14H,15-16H2,1-2H3,(H,29,31)/b24-14+. The predicted molar refractivity (Wildman–Crippen MR) is 139 cm³/mol. The molecule has 1 aliphatic heterocycles. The second-order valence-corrected chi connectivity index (χ2v) is 9.52. The van der Waals surface area contributed by atoms with Crippen LogP contribution in [-0.2, 0) is 16.2 Å². The Balaban J connectivity index is 1.45. The molecular weight excluding hydrogens is 484 g/mol. The molecule has 0 aliphatic carbocycles. The fourth-order valence-electron chi connectivity index (χ4n) is 3.45. The number of benzene rings is 3. The summed E-state index contributed by atoms with van der Waals surface area (Å²) >= 11 is 6.74. The first kappa shape index (κ1) is 24.6. The van der Waals surface area contributed by atoms with E-state index in [-0.39, 0.29) is 11.4 Å². The fraction of sp³-hybridized carbons (Fsp3) is 0.148. The van der Waals surface area contributed by atoms with Gasteiger partial charge >= 0.3 is 0 Å². The molecule has 0 radical (unpaired) electrons. The summed E-state index contributed by atoms with van der Waals surface area (Å²) in [6.07, 6.45) is 1.62. The molecule has 6 nitrogen and oxygen atoms in total. The summed E-state index contributed by atoms with van der Waals surface area (Å²) in [5.41, 5.74) is 4.15. The lowest BCUT2D eigenvalue weighted by Gasteiger charge is -2.14. The Morgan fingerprint density at radius 2 is 1.80 bits per heavy atom. The van der Waals surface area contributed by atoms with Crippen LogP contribution in [0, 0.1) is 13.8 Å². The van der Waals surface area contributed by atoms with E-state index in [0.717, 1.165) is 33.4 Å². The Hall–Kier alpha value is -3.55. The van der Waals surface area contributed by atoms with E-state index in [9.17, 15) is 14.4 Å². The molecule has 3 aromatic carbocycles. The highest BCUT2D eigenvalue weighted by Gasteiger charge is 2.36. The van der Waals surface area contributed by atoms with Gasteiger partial charge in [0.2, 0.25) is 5.91 Å². The summed E-state index contributed by atoms with van der Waals surface area (Å²) in [5.74, 6) is -0.375. The summed E-state index contributed by atoms with van der Waals surface area (Å²) in [6, 6.07) is 20.3. The normalized spacial score (nSPS) is 14.5. The van der Waals surface area contributed by atoms with Crippen LogP contribution in [0.1, 0.15) is 22.3 Å². The largest absolute Gasteiger partial charge is 0.488 e. The van der Waals surface area contributed by atoms with E-state index in [4.69, 9.17) is 16.3 Å². The molecule has 3 aromatic rings. The van der Waals surface area contributed by atoms with Crippen LogP contribution < -0.4 is 10.1 Å². The molecule has 1 N–H and O–H groups in total. The number of halogens is 1. The molecule has 4 rings (SSSR count). The van der Waals surface area contributed by atoms with E-state index < -0.39 is 17.1 Å². The summed E-state index contributed by atoms with van der Waals surface area (Å²) in [5, 5.41) is 2.94. The number of nitrogens with one attached hydrogen (secondary N) is 1. The number of ether oxygens (including phenoxy) is 1. The number of thioether (sulfide) groups is 1. The van der Waals surface area contributed by atoms with Gasteiger partial charge in [-0.1, -0.05) is 54.1 Å². The first-order valence-electron chi connectivity index (χ1n) is 10.9. The van der Waals surface area contributed by atoms with Crippen molar-refractivity contribution in [3.63, 3.8) is 0 Å². The van der Waals surface area contributed by atoms with Crippen LogP contribution >= 0.6 is 23.4 Å². The number of aryl methyl sites for hydroxylation is 2. The molecule has 0 saturated carbocycles.